The van der Waals surface area contributed by atoms with Crippen molar-refractivity contribution >= 4 is 5.78 Å². The van der Waals surface area contributed by atoms with Crippen LogP contribution in [0.5, 0.6) is 0 Å². The molecule has 0 atom stereocenters. The Hall–Kier alpha value is -2.05. The number of hydrogen-bond acceptors (Lipinski definition) is 5. The van der Waals surface area contributed by atoms with Gasteiger partial charge in [0.2, 0.25) is 5.79 Å². The van der Waals surface area contributed by atoms with Crippen molar-refractivity contribution in [1.82, 2.24) is 0 Å². The summed E-state index contributed by atoms with van der Waals surface area (Å²) in [5, 5.41) is 0. The topological polar surface area (TPSA) is 54.0 Å². The molecule has 28 heavy (non-hydrogen) atoms. The first-order valence-electron chi connectivity index (χ1n) is 9.61. The molecule has 0 N–H and O–H groups in total. The molecule has 3 aliphatic rings. The summed E-state index contributed by atoms with van der Waals surface area (Å²) >= 11 is 0. The van der Waals surface area contributed by atoms with E-state index in [9.17, 15) is 4.79 Å². The molecule has 0 radical (unpaired) electrons. The molecule has 2 aromatic rings. The maximum Gasteiger partial charge on any atom is 0.219 e. The van der Waals surface area contributed by atoms with E-state index in [1.807, 2.05) is 36.4 Å². The summed E-state index contributed by atoms with van der Waals surface area (Å²) in [4.78, 5) is 12.4. The highest BCUT2D eigenvalue weighted by molar-refractivity contribution is 5.97. The van der Waals surface area contributed by atoms with Crippen molar-refractivity contribution in [3.05, 3.63) is 70.8 Å². The van der Waals surface area contributed by atoms with Crippen LogP contribution in [0.3, 0.4) is 0 Å². The number of rotatable bonds is 0. The molecule has 1 saturated heterocycles. The normalized spacial score (nSPS) is 21.9. The summed E-state index contributed by atoms with van der Waals surface area (Å²) in [5.74, 6) is -1.01. The Balaban J connectivity index is 1.65. The standard InChI is InChI=1S/C23H26O5/c1-22(2)14-27-23(28-15-22)16-26-12-18-5-3-4-17(10-18)11-25-13-21(24)19-6-8-20(23)9-7-19/h3-10H,11-16H2,1-2H3. The maximum absolute atomic E-state index is 12.4. The van der Waals surface area contributed by atoms with E-state index in [1.165, 1.54) is 0 Å². The van der Waals surface area contributed by atoms with Crippen LogP contribution < -0.4 is 0 Å². The molecule has 0 unspecified atom stereocenters. The van der Waals surface area contributed by atoms with Crippen molar-refractivity contribution < 1.29 is 23.7 Å². The molecule has 3 heterocycles. The molecular formula is C23H26O5. The van der Waals surface area contributed by atoms with E-state index < -0.39 is 5.79 Å². The molecule has 148 valence electrons. The van der Waals surface area contributed by atoms with E-state index in [4.69, 9.17) is 18.9 Å². The number of carbonyl (C=O) groups is 1. The lowest BCUT2D eigenvalue weighted by Crippen LogP contribution is -2.48. The van der Waals surface area contributed by atoms with Gasteiger partial charge in [-0.05, 0) is 11.1 Å². The Labute approximate surface area is 165 Å². The molecule has 0 saturated carbocycles. The molecule has 5 heteroatoms. The molecular weight excluding hydrogens is 356 g/mol. The lowest BCUT2D eigenvalue weighted by molar-refractivity contribution is -0.325. The van der Waals surface area contributed by atoms with Gasteiger partial charge >= 0.3 is 0 Å². The summed E-state index contributed by atoms with van der Waals surface area (Å²) in [6, 6.07) is 15.4. The second kappa shape index (κ2) is 7.76. The third kappa shape index (κ3) is 4.18. The van der Waals surface area contributed by atoms with E-state index in [2.05, 4.69) is 13.8 Å². The van der Waals surface area contributed by atoms with Crippen LogP contribution >= 0.6 is 0 Å². The largest absolute Gasteiger partial charge is 0.371 e. The summed E-state index contributed by atoms with van der Waals surface area (Å²) < 4.78 is 24.1. The van der Waals surface area contributed by atoms with Crippen molar-refractivity contribution in [2.45, 2.75) is 32.8 Å². The van der Waals surface area contributed by atoms with Crippen LogP contribution in [-0.2, 0) is 37.9 Å². The average Bonchev–Trinajstić information content (AvgIpc) is 2.70. The second-order valence-electron chi connectivity index (χ2n) is 8.30. The van der Waals surface area contributed by atoms with Crippen LogP contribution in [0.2, 0.25) is 0 Å². The molecule has 2 aromatic carbocycles. The van der Waals surface area contributed by atoms with E-state index in [0.29, 0.717) is 32.0 Å². The zero-order valence-corrected chi connectivity index (χ0v) is 16.4. The Morgan fingerprint density at radius 1 is 0.786 bits per heavy atom. The summed E-state index contributed by atoms with van der Waals surface area (Å²) in [6.45, 7) is 6.52. The summed E-state index contributed by atoms with van der Waals surface area (Å²) in [6.07, 6.45) is 0. The Bertz CT molecular complexity index is 830. The fourth-order valence-corrected chi connectivity index (χ4v) is 3.41. The number of ketones is 1. The lowest BCUT2D eigenvalue weighted by Gasteiger charge is -2.43. The van der Waals surface area contributed by atoms with E-state index in [-0.39, 0.29) is 24.4 Å². The van der Waals surface area contributed by atoms with Gasteiger partial charge in [-0.2, -0.15) is 0 Å². The number of fused-ring (bicyclic) bond motifs is 7. The molecule has 0 amide bonds. The van der Waals surface area contributed by atoms with E-state index in [0.717, 1.165) is 16.7 Å². The van der Waals surface area contributed by atoms with E-state index in [1.54, 1.807) is 12.1 Å². The lowest BCUT2D eigenvalue weighted by atomic mass is 9.93. The van der Waals surface area contributed by atoms with Crippen LogP contribution in [0, 0.1) is 5.41 Å². The van der Waals surface area contributed by atoms with Crippen molar-refractivity contribution in [2.75, 3.05) is 26.4 Å². The number of Topliss-reactive ketones (excluding diaryl/α,β-unsaturated/α-hetero) is 1. The van der Waals surface area contributed by atoms with Gasteiger partial charge in [-0.25, -0.2) is 0 Å². The molecule has 1 spiro atoms. The van der Waals surface area contributed by atoms with Gasteiger partial charge in [-0.1, -0.05) is 62.4 Å². The Morgan fingerprint density at radius 3 is 2.11 bits per heavy atom. The number of benzene rings is 2. The van der Waals surface area contributed by atoms with Crippen LogP contribution in [0.15, 0.2) is 48.5 Å². The predicted octanol–water partition coefficient (Wildman–Crippen LogP) is 3.84. The fraction of sp³-hybridized carbons (Fsp3) is 0.435. The third-order valence-corrected chi connectivity index (χ3v) is 5.09. The average molecular weight is 382 g/mol. The van der Waals surface area contributed by atoms with Gasteiger partial charge in [0.05, 0.1) is 26.4 Å². The van der Waals surface area contributed by atoms with Crippen LogP contribution in [0.25, 0.3) is 0 Å². The second-order valence-corrected chi connectivity index (χ2v) is 8.30. The molecule has 1 fully saturated rings. The minimum absolute atomic E-state index is 0.0468. The molecule has 0 aliphatic carbocycles. The number of carbonyl (C=O) groups excluding carboxylic acids is 1. The summed E-state index contributed by atoms with van der Waals surface area (Å²) in [5.41, 5.74) is 3.47. The zero-order chi connectivity index (χ0) is 19.6. The van der Waals surface area contributed by atoms with Crippen LogP contribution in [-0.4, -0.2) is 32.2 Å². The van der Waals surface area contributed by atoms with Crippen molar-refractivity contribution in [1.29, 1.82) is 0 Å². The Morgan fingerprint density at radius 2 is 1.43 bits per heavy atom. The third-order valence-electron chi connectivity index (χ3n) is 5.09. The van der Waals surface area contributed by atoms with Crippen LogP contribution in [0.4, 0.5) is 0 Å². The van der Waals surface area contributed by atoms with Gasteiger partial charge in [0.15, 0.2) is 5.78 Å². The number of hydrogen-bond donors (Lipinski definition) is 0. The first-order chi connectivity index (χ1) is 13.5. The highest BCUT2D eigenvalue weighted by atomic mass is 16.7. The predicted molar refractivity (Wildman–Crippen MR) is 104 cm³/mol. The van der Waals surface area contributed by atoms with Crippen molar-refractivity contribution in [3.8, 4) is 0 Å². The number of ether oxygens (including phenoxy) is 4. The van der Waals surface area contributed by atoms with Crippen LogP contribution in [0.1, 0.15) is 40.9 Å². The molecule has 0 aromatic heterocycles. The van der Waals surface area contributed by atoms with Gasteiger partial charge in [-0.15, -0.1) is 0 Å². The highest BCUT2D eigenvalue weighted by Gasteiger charge is 2.42. The first-order valence-corrected chi connectivity index (χ1v) is 9.61. The molecule has 5 rings (SSSR count). The van der Waals surface area contributed by atoms with Gasteiger partial charge in [0.25, 0.3) is 0 Å². The first kappa shape index (κ1) is 19.3. The monoisotopic (exact) mass is 382 g/mol. The van der Waals surface area contributed by atoms with Gasteiger partial charge in [0, 0.05) is 16.5 Å². The van der Waals surface area contributed by atoms with E-state index >= 15 is 0 Å². The van der Waals surface area contributed by atoms with Gasteiger partial charge < -0.3 is 18.9 Å². The fourth-order valence-electron chi connectivity index (χ4n) is 3.41. The van der Waals surface area contributed by atoms with Crippen molar-refractivity contribution in [3.63, 3.8) is 0 Å². The smallest absolute Gasteiger partial charge is 0.219 e. The quantitative estimate of drug-likeness (QED) is 0.693. The maximum atomic E-state index is 12.4. The highest BCUT2D eigenvalue weighted by Crippen LogP contribution is 2.37. The molecule has 3 aliphatic heterocycles. The van der Waals surface area contributed by atoms with Gasteiger partial charge in [-0.3, -0.25) is 4.79 Å². The minimum Gasteiger partial charge on any atom is -0.371 e. The molecule has 4 bridgehead atoms. The summed E-state index contributed by atoms with van der Waals surface area (Å²) in [7, 11) is 0. The zero-order valence-electron chi connectivity index (χ0n) is 16.4. The minimum atomic E-state index is -0.967. The Kier molecular flexibility index (Phi) is 5.34. The van der Waals surface area contributed by atoms with Gasteiger partial charge in [0.1, 0.15) is 13.2 Å². The van der Waals surface area contributed by atoms with Crippen molar-refractivity contribution in [2.24, 2.45) is 5.41 Å². The SMILES string of the molecule is CC1(C)COC2(COCc3cccc(c3)COCC(=O)c3ccc2cc3)OC1. The molecule has 5 nitrogen and oxygen atoms in total.